The van der Waals surface area contributed by atoms with Crippen molar-refractivity contribution in [1.29, 1.82) is 0 Å². The highest BCUT2D eigenvalue weighted by Crippen LogP contribution is 2.70. The van der Waals surface area contributed by atoms with E-state index >= 15 is 0 Å². The number of Topliss-reactive ketones (excluding diaryl/α,β-unsaturated/α-hetero) is 2. The molecule has 6 rings (SSSR count). The maximum absolute atomic E-state index is 14.0. The predicted octanol–water partition coefficient (Wildman–Crippen LogP) is 1.23. The van der Waals surface area contributed by atoms with E-state index in [0.29, 0.717) is 36.9 Å². The number of carbonyl (C=O) groups is 3. The van der Waals surface area contributed by atoms with Crippen molar-refractivity contribution in [2.45, 2.75) is 154 Å². The van der Waals surface area contributed by atoms with Crippen LogP contribution >= 0.6 is 0 Å². The first-order chi connectivity index (χ1) is 25.4. The molecular formula is C40H60O14. The third-order valence-electron chi connectivity index (χ3n) is 14.7. The normalized spacial score (nSPS) is 46.1. The first kappa shape index (κ1) is 41.5. The molecule has 0 aromatic heterocycles. The van der Waals surface area contributed by atoms with Gasteiger partial charge in [0, 0.05) is 24.3 Å². The topological polar surface area (TPSA) is 230 Å². The number of allylic oxidation sites excluding steroid dienone is 2. The van der Waals surface area contributed by atoms with Crippen LogP contribution in [0.2, 0.25) is 0 Å². The zero-order valence-corrected chi connectivity index (χ0v) is 32.0. The molecule has 0 amide bonds. The third kappa shape index (κ3) is 7.18. The molecule has 7 N–H and O–H groups in total. The van der Waals surface area contributed by atoms with Gasteiger partial charge < -0.3 is 54.7 Å². The molecule has 6 aliphatic rings. The summed E-state index contributed by atoms with van der Waals surface area (Å²) in [5, 5.41) is 71.3. The molecule has 3 saturated carbocycles. The fourth-order valence-corrected chi connectivity index (χ4v) is 11.2. The van der Waals surface area contributed by atoms with Crippen LogP contribution in [0.15, 0.2) is 22.8 Å². The van der Waals surface area contributed by atoms with E-state index in [1.54, 1.807) is 13.0 Å². The van der Waals surface area contributed by atoms with Crippen molar-refractivity contribution < 1.29 is 69.1 Å². The molecule has 0 aromatic carbocycles. The Morgan fingerprint density at radius 2 is 1.54 bits per heavy atom. The lowest BCUT2D eigenvalue weighted by Crippen LogP contribution is -2.61. The van der Waals surface area contributed by atoms with Crippen LogP contribution < -0.4 is 0 Å². The summed E-state index contributed by atoms with van der Waals surface area (Å²) in [4.78, 5) is 39.6. The molecule has 17 unspecified atom stereocenters. The van der Waals surface area contributed by atoms with Gasteiger partial charge in [0.15, 0.2) is 12.1 Å². The number of ketones is 2. The Hall–Kier alpha value is -2.11. The number of aliphatic hydroxyl groups excluding tert-OH is 7. The van der Waals surface area contributed by atoms with Crippen molar-refractivity contribution in [3.8, 4) is 0 Å². The first-order valence-corrected chi connectivity index (χ1v) is 19.7. The minimum absolute atomic E-state index is 0.00168. The van der Waals surface area contributed by atoms with Gasteiger partial charge in [-0.15, -0.1) is 0 Å². The number of hydrogen-bond acceptors (Lipinski definition) is 14. The Morgan fingerprint density at radius 1 is 0.889 bits per heavy atom. The van der Waals surface area contributed by atoms with Crippen LogP contribution in [0.3, 0.4) is 0 Å². The minimum atomic E-state index is -1.79. The summed E-state index contributed by atoms with van der Waals surface area (Å²) in [5.74, 6) is 0.915. The lowest BCUT2D eigenvalue weighted by Gasteiger charge is -2.59. The molecule has 0 spiro atoms. The Bertz CT molecular complexity index is 1490. The predicted molar refractivity (Wildman–Crippen MR) is 190 cm³/mol. The highest BCUT2D eigenvalue weighted by atomic mass is 16.7. The van der Waals surface area contributed by atoms with Crippen LogP contribution in [-0.2, 0) is 33.3 Å². The van der Waals surface area contributed by atoms with Gasteiger partial charge in [-0.25, -0.2) is 4.79 Å². The largest absolute Gasteiger partial charge is 0.429 e. The van der Waals surface area contributed by atoms with Crippen molar-refractivity contribution in [3.63, 3.8) is 0 Å². The number of ether oxygens (including phenoxy) is 4. The monoisotopic (exact) mass is 764 g/mol. The standard InChI is InChI=1S/C40H60O14/c1-18(23-13-14-39(4)24-11-9-21-20(3)25(42)12-10-22(21)29(24)26(43)15-40(23,39)5)7-6-8-19(2)36(50)54-38-35(49)33(47)31(45)28(53-38)17-51-37-34(48)32(46)30(44)27(16-41)52-37/h8,18,22-24,27-35,37-38,41,44-49H,6-7,9-17H2,1-5H3. The van der Waals surface area contributed by atoms with E-state index in [2.05, 4.69) is 20.8 Å². The molecular weight excluding hydrogens is 704 g/mol. The second-order valence-electron chi connectivity index (χ2n) is 17.4. The average molecular weight is 765 g/mol. The van der Waals surface area contributed by atoms with E-state index in [1.807, 2.05) is 6.92 Å². The Kier molecular flexibility index (Phi) is 12.3. The molecule has 5 fully saturated rings. The van der Waals surface area contributed by atoms with Crippen LogP contribution in [0.4, 0.5) is 0 Å². The molecule has 304 valence electrons. The third-order valence-corrected chi connectivity index (χ3v) is 14.7. The molecule has 2 aliphatic heterocycles. The number of carbonyl (C=O) groups excluding carboxylic acids is 3. The number of hydrogen-bond donors (Lipinski definition) is 7. The molecule has 17 atom stereocenters. The zero-order valence-electron chi connectivity index (χ0n) is 32.0. The van der Waals surface area contributed by atoms with E-state index in [-0.39, 0.29) is 39.9 Å². The van der Waals surface area contributed by atoms with Gasteiger partial charge in [0.2, 0.25) is 6.29 Å². The summed E-state index contributed by atoms with van der Waals surface area (Å²) in [6.45, 7) is 9.25. The van der Waals surface area contributed by atoms with Gasteiger partial charge in [0.1, 0.15) is 54.6 Å². The minimum Gasteiger partial charge on any atom is -0.429 e. The van der Waals surface area contributed by atoms with Gasteiger partial charge in [-0.05, 0) is 98.9 Å². The Morgan fingerprint density at radius 3 is 2.22 bits per heavy atom. The van der Waals surface area contributed by atoms with Crippen molar-refractivity contribution in [1.82, 2.24) is 0 Å². The van der Waals surface area contributed by atoms with E-state index in [4.69, 9.17) is 18.9 Å². The van der Waals surface area contributed by atoms with E-state index < -0.39 is 80.6 Å². The fourth-order valence-electron chi connectivity index (χ4n) is 11.2. The highest BCUT2D eigenvalue weighted by molar-refractivity contribution is 5.97. The van der Waals surface area contributed by atoms with Crippen molar-refractivity contribution in [2.24, 2.45) is 40.4 Å². The van der Waals surface area contributed by atoms with Gasteiger partial charge in [-0.1, -0.05) is 32.4 Å². The Labute approximate surface area is 316 Å². The molecule has 0 bridgehead atoms. The fraction of sp³-hybridized carbons (Fsp3) is 0.825. The molecule has 14 nitrogen and oxygen atoms in total. The van der Waals surface area contributed by atoms with Crippen molar-refractivity contribution in [3.05, 3.63) is 22.8 Å². The van der Waals surface area contributed by atoms with Gasteiger partial charge in [0.05, 0.1) is 13.2 Å². The van der Waals surface area contributed by atoms with Gasteiger partial charge >= 0.3 is 5.97 Å². The molecule has 4 aliphatic carbocycles. The van der Waals surface area contributed by atoms with Crippen LogP contribution in [0.25, 0.3) is 0 Å². The molecule has 2 saturated heterocycles. The van der Waals surface area contributed by atoms with Crippen molar-refractivity contribution in [2.75, 3.05) is 13.2 Å². The quantitative estimate of drug-likeness (QED) is 0.123. The molecule has 14 heteroatoms. The van der Waals surface area contributed by atoms with Gasteiger partial charge in [-0.2, -0.15) is 0 Å². The van der Waals surface area contributed by atoms with E-state index in [0.717, 1.165) is 44.1 Å². The second kappa shape index (κ2) is 16.0. The van der Waals surface area contributed by atoms with E-state index in [9.17, 15) is 50.1 Å². The first-order valence-electron chi connectivity index (χ1n) is 19.7. The van der Waals surface area contributed by atoms with Gasteiger partial charge in [-0.3, -0.25) is 9.59 Å². The van der Waals surface area contributed by atoms with Gasteiger partial charge in [0.25, 0.3) is 0 Å². The maximum Gasteiger partial charge on any atom is 0.335 e. The van der Waals surface area contributed by atoms with E-state index in [1.165, 1.54) is 5.57 Å². The summed E-state index contributed by atoms with van der Waals surface area (Å²) < 4.78 is 21.8. The molecule has 54 heavy (non-hydrogen) atoms. The smallest absolute Gasteiger partial charge is 0.335 e. The Balaban J connectivity index is 1.03. The number of fused-ring (bicyclic) bond motifs is 5. The zero-order chi connectivity index (χ0) is 39.4. The lowest BCUT2D eigenvalue weighted by molar-refractivity contribution is -0.326. The highest BCUT2D eigenvalue weighted by Gasteiger charge is 2.66. The molecule has 2 heterocycles. The van der Waals surface area contributed by atoms with Crippen molar-refractivity contribution >= 4 is 17.5 Å². The van der Waals surface area contributed by atoms with Crippen LogP contribution in [0.5, 0.6) is 0 Å². The molecule has 0 radical (unpaired) electrons. The lowest BCUT2D eigenvalue weighted by atomic mass is 9.44. The number of aliphatic hydroxyl groups is 7. The maximum atomic E-state index is 14.0. The summed E-state index contributed by atoms with van der Waals surface area (Å²) in [7, 11) is 0. The number of rotatable bonds is 10. The summed E-state index contributed by atoms with van der Waals surface area (Å²) in [5.41, 5.74) is 2.27. The average Bonchev–Trinajstić information content (AvgIpc) is 3.42. The van der Waals surface area contributed by atoms with Crippen LogP contribution in [-0.4, -0.2) is 128 Å². The SMILES string of the molecule is CC(=CCCC(C)C1CCC2(C)C3CCC4=C(C)C(=O)CCC4C3C(=O)CC12C)C(=O)OC1OC(COC2OC(CO)C(O)C(O)C2O)C(O)C(O)C1O. The van der Waals surface area contributed by atoms with Crippen LogP contribution in [0.1, 0.15) is 92.4 Å². The number of esters is 1. The summed E-state index contributed by atoms with van der Waals surface area (Å²) >= 11 is 0. The summed E-state index contributed by atoms with van der Waals surface area (Å²) in [6, 6.07) is 0. The second-order valence-corrected chi connectivity index (χ2v) is 17.4. The summed E-state index contributed by atoms with van der Waals surface area (Å²) in [6.07, 6.45) is -7.10. The van der Waals surface area contributed by atoms with Crippen LogP contribution in [0, 0.1) is 40.4 Å². The molecule has 0 aromatic rings.